The van der Waals surface area contributed by atoms with Crippen LogP contribution in [0.5, 0.6) is 0 Å². The van der Waals surface area contributed by atoms with E-state index in [0.29, 0.717) is 0 Å². The van der Waals surface area contributed by atoms with Crippen molar-refractivity contribution in [2.24, 2.45) is 0 Å². The molecule has 1 fully saturated rings. The number of rotatable bonds is 5. The summed E-state index contributed by atoms with van der Waals surface area (Å²) < 4.78 is 38.5. The van der Waals surface area contributed by atoms with Gasteiger partial charge >= 0.3 is 0 Å². The molecule has 0 unspecified atom stereocenters. The van der Waals surface area contributed by atoms with Gasteiger partial charge in [0.25, 0.3) is 15.9 Å². The molecule has 0 radical (unpaired) electrons. The van der Waals surface area contributed by atoms with Gasteiger partial charge in [0.15, 0.2) is 5.03 Å². The smallest absolute Gasteiger partial charge is 0.260 e. The predicted molar refractivity (Wildman–Crippen MR) is 89.9 cm³/mol. The molecule has 6 nitrogen and oxygen atoms in total. The molecule has 2 aromatic rings. The Bertz CT molecular complexity index is 907. The fraction of sp³-hybridized carbons (Fsp3) is 0.294. The molecule has 25 heavy (non-hydrogen) atoms. The van der Waals surface area contributed by atoms with E-state index in [4.69, 9.17) is 0 Å². The first-order valence-electron chi connectivity index (χ1n) is 7.72. The maximum Gasteiger partial charge on any atom is 0.260 e. The van der Waals surface area contributed by atoms with Crippen LogP contribution in [0.3, 0.4) is 0 Å². The number of carbonyl (C=O) groups excluding carboxylic acids is 1. The molecule has 1 saturated carbocycles. The van der Waals surface area contributed by atoms with E-state index >= 15 is 0 Å². The molecule has 132 valence electrons. The number of carbonyl (C=O) groups is 1. The zero-order valence-electron chi connectivity index (χ0n) is 13.9. The molecular weight excluding hydrogens is 345 g/mol. The van der Waals surface area contributed by atoms with Gasteiger partial charge in [0.1, 0.15) is 5.82 Å². The first-order valence-corrected chi connectivity index (χ1v) is 9.16. The van der Waals surface area contributed by atoms with E-state index in [0.717, 1.165) is 22.7 Å². The highest BCUT2D eigenvalue weighted by Crippen LogP contribution is 2.45. The summed E-state index contributed by atoms with van der Waals surface area (Å²) in [7, 11) is -0.821. The Balaban J connectivity index is 1.78. The first-order chi connectivity index (χ1) is 11.7. The van der Waals surface area contributed by atoms with Crippen molar-refractivity contribution in [2.45, 2.75) is 23.4 Å². The summed E-state index contributed by atoms with van der Waals surface area (Å²) in [6, 6.07) is 8.88. The lowest BCUT2D eigenvalue weighted by Crippen LogP contribution is -2.35. The van der Waals surface area contributed by atoms with Crippen LogP contribution in [0.15, 0.2) is 47.6 Å². The van der Waals surface area contributed by atoms with Crippen molar-refractivity contribution >= 4 is 15.9 Å². The number of aromatic nitrogens is 1. The van der Waals surface area contributed by atoms with E-state index in [-0.39, 0.29) is 22.3 Å². The minimum atomic E-state index is -3.64. The summed E-state index contributed by atoms with van der Waals surface area (Å²) in [5.41, 5.74) is 0.411. The Labute approximate surface area is 145 Å². The van der Waals surface area contributed by atoms with Crippen LogP contribution in [0.4, 0.5) is 4.39 Å². The lowest BCUT2D eigenvalue weighted by Gasteiger charge is -2.18. The Morgan fingerprint density at radius 1 is 1.24 bits per heavy atom. The van der Waals surface area contributed by atoms with Gasteiger partial charge in [-0.05, 0) is 42.7 Å². The third kappa shape index (κ3) is 3.40. The van der Waals surface area contributed by atoms with Gasteiger partial charge in [-0.2, -0.15) is 0 Å². The molecule has 0 spiro atoms. The molecule has 1 amide bonds. The molecule has 8 heteroatoms. The number of nitrogens with one attached hydrogen (secondary N) is 1. The SMILES string of the molecule is CN(C)S(=O)(=O)c1ccc(C(=O)NC2(c3cccc(F)c3)CC2)cn1. The van der Waals surface area contributed by atoms with Crippen LogP contribution in [0, 0.1) is 5.82 Å². The second-order valence-corrected chi connectivity index (χ2v) is 8.32. The Hall–Kier alpha value is -2.32. The third-order valence-electron chi connectivity index (χ3n) is 4.22. The summed E-state index contributed by atoms with van der Waals surface area (Å²) in [5, 5.41) is 2.78. The van der Waals surface area contributed by atoms with Crippen LogP contribution >= 0.6 is 0 Å². The molecule has 1 N–H and O–H groups in total. The zero-order valence-corrected chi connectivity index (χ0v) is 14.7. The van der Waals surface area contributed by atoms with Crippen LogP contribution in [0.2, 0.25) is 0 Å². The van der Waals surface area contributed by atoms with Crippen molar-refractivity contribution in [3.05, 3.63) is 59.5 Å². The predicted octanol–water partition coefficient (Wildman–Crippen LogP) is 1.89. The van der Waals surface area contributed by atoms with Gasteiger partial charge in [-0.15, -0.1) is 0 Å². The van der Waals surface area contributed by atoms with Gasteiger partial charge in [0.2, 0.25) is 0 Å². The standard InChI is InChI=1S/C17H18FN3O3S/c1-21(2)25(23,24)15-7-6-12(11-19-15)16(22)20-17(8-9-17)13-4-3-5-14(18)10-13/h3-7,10-11H,8-9H2,1-2H3,(H,20,22). The number of sulfonamides is 1. The zero-order chi connectivity index (χ0) is 18.2. The number of amides is 1. The fourth-order valence-electron chi connectivity index (χ4n) is 2.54. The van der Waals surface area contributed by atoms with E-state index in [2.05, 4.69) is 10.3 Å². The van der Waals surface area contributed by atoms with Crippen molar-refractivity contribution < 1.29 is 17.6 Å². The van der Waals surface area contributed by atoms with E-state index < -0.39 is 15.6 Å². The van der Waals surface area contributed by atoms with Crippen LogP contribution in [-0.4, -0.2) is 37.7 Å². The van der Waals surface area contributed by atoms with E-state index in [9.17, 15) is 17.6 Å². The minimum Gasteiger partial charge on any atom is -0.342 e. The number of pyridine rings is 1. The van der Waals surface area contributed by atoms with Crippen molar-refractivity contribution in [2.75, 3.05) is 14.1 Å². The van der Waals surface area contributed by atoms with Gasteiger partial charge < -0.3 is 5.32 Å². The fourth-order valence-corrected chi connectivity index (χ4v) is 3.34. The van der Waals surface area contributed by atoms with Crippen LogP contribution in [0.1, 0.15) is 28.8 Å². The summed E-state index contributed by atoms with van der Waals surface area (Å²) in [6.45, 7) is 0. The highest BCUT2D eigenvalue weighted by molar-refractivity contribution is 7.89. The number of halogens is 1. The molecule has 1 aromatic heterocycles. The Kier molecular flexibility index (Phi) is 4.34. The number of hydrogen-bond acceptors (Lipinski definition) is 4. The Morgan fingerprint density at radius 2 is 1.96 bits per heavy atom. The average Bonchev–Trinajstić information content (AvgIpc) is 3.35. The molecule has 3 rings (SSSR count). The van der Waals surface area contributed by atoms with E-state index in [1.54, 1.807) is 12.1 Å². The van der Waals surface area contributed by atoms with Gasteiger partial charge in [0, 0.05) is 20.3 Å². The van der Waals surface area contributed by atoms with Crippen molar-refractivity contribution in [3.63, 3.8) is 0 Å². The molecule has 0 aliphatic heterocycles. The molecule has 0 atom stereocenters. The number of hydrogen-bond donors (Lipinski definition) is 1. The van der Waals surface area contributed by atoms with Crippen LogP contribution < -0.4 is 5.32 Å². The van der Waals surface area contributed by atoms with Crippen LogP contribution in [-0.2, 0) is 15.6 Å². The minimum absolute atomic E-state index is 0.125. The van der Waals surface area contributed by atoms with Gasteiger partial charge in [0.05, 0.1) is 11.1 Å². The largest absolute Gasteiger partial charge is 0.342 e. The lowest BCUT2D eigenvalue weighted by molar-refractivity contribution is 0.0930. The monoisotopic (exact) mass is 363 g/mol. The summed E-state index contributed by atoms with van der Waals surface area (Å²) in [6.07, 6.45) is 2.68. The maximum absolute atomic E-state index is 13.4. The van der Waals surface area contributed by atoms with Crippen molar-refractivity contribution in [1.29, 1.82) is 0 Å². The van der Waals surface area contributed by atoms with E-state index in [1.165, 1.54) is 44.6 Å². The van der Waals surface area contributed by atoms with Crippen LogP contribution in [0.25, 0.3) is 0 Å². The molecule has 1 aliphatic rings. The summed E-state index contributed by atoms with van der Waals surface area (Å²) in [4.78, 5) is 16.3. The quantitative estimate of drug-likeness (QED) is 0.880. The van der Waals surface area contributed by atoms with Gasteiger partial charge in [-0.25, -0.2) is 22.1 Å². The number of benzene rings is 1. The van der Waals surface area contributed by atoms with Gasteiger partial charge in [-0.3, -0.25) is 4.79 Å². The molecule has 1 aromatic carbocycles. The van der Waals surface area contributed by atoms with Gasteiger partial charge in [-0.1, -0.05) is 12.1 Å². The number of nitrogens with zero attached hydrogens (tertiary/aromatic N) is 2. The average molecular weight is 363 g/mol. The normalized spacial score (nSPS) is 15.8. The topological polar surface area (TPSA) is 79.4 Å². The first kappa shape index (κ1) is 17.5. The Morgan fingerprint density at radius 3 is 2.48 bits per heavy atom. The molecule has 1 heterocycles. The second-order valence-electron chi connectivity index (χ2n) is 6.22. The van der Waals surface area contributed by atoms with Crippen molar-refractivity contribution in [3.8, 4) is 0 Å². The molecule has 0 bridgehead atoms. The highest BCUT2D eigenvalue weighted by Gasteiger charge is 2.46. The lowest BCUT2D eigenvalue weighted by atomic mass is 10.0. The third-order valence-corrected chi connectivity index (χ3v) is 5.96. The van der Waals surface area contributed by atoms with E-state index in [1.807, 2.05) is 0 Å². The highest BCUT2D eigenvalue weighted by atomic mass is 32.2. The summed E-state index contributed by atoms with van der Waals surface area (Å²) >= 11 is 0. The van der Waals surface area contributed by atoms with Crippen molar-refractivity contribution in [1.82, 2.24) is 14.6 Å². The molecule has 1 aliphatic carbocycles. The second kappa shape index (κ2) is 6.20. The molecule has 0 saturated heterocycles. The molecular formula is C17H18FN3O3S. The summed E-state index contributed by atoms with van der Waals surface area (Å²) in [5.74, 6) is -0.721. The maximum atomic E-state index is 13.4.